The summed E-state index contributed by atoms with van der Waals surface area (Å²) in [5.41, 5.74) is 7.57. The number of imidazole rings is 2. The van der Waals surface area contributed by atoms with Gasteiger partial charge >= 0.3 is 0 Å². The van der Waals surface area contributed by atoms with E-state index in [1.807, 2.05) is 69.3 Å². The van der Waals surface area contributed by atoms with Crippen molar-refractivity contribution in [2.24, 2.45) is 0 Å². The van der Waals surface area contributed by atoms with Crippen molar-refractivity contribution < 1.29 is 4.42 Å². The molecule has 0 aliphatic rings. The van der Waals surface area contributed by atoms with Crippen LogP contribution >= 0.6 is 11.3 Å². The summed E-state index contributed by atoms with van der Waals surface area (Å²) in [6, 6.07) is 26.6. The molecule has 3 aromatic carbocycles. The number of benzene rings is 3. The average molecular weight is 698 g/mol. The van der Waals surface area contributed by atoms with Gasteiger partial charge in [-0.1, -0.05) is 42.5 Å². The van der Waals surface area contributed by atoms with E-state index in [1.54, 1.807) is 24.5 Å². The third-order valence-corrected chi connectivity index (χ3v) is 8.11. The maximum atomic E-state index is 11.0. The Kier molecular flexibility index (Phi) is 10.6. The Morgan fingerprint density at radius 2 is 1.37 bits per heavy atom. The second-order valence-corrected chi connectivity index (χ2v) is 12.5. The highest BCUT2D eigenvalue weighted by Crippen LogP contribution is 2.20. The van der Waals surface area contributed by atoms with Crippen molar-refractivity contribution in [2.75, 3.05) is 0 Å². The SMILES string of the molecule is Cc1cc2ccccc2[nH]1.Cc1nc2ccccc2[nH]1.Cc1nc2ccccc2s1.Cc1nc2nc[nH]c(=O)c2o1.Cc1nc2ncncc2[nH]1. The molecule has 10 aromatic rings. The van der Waals surface area contributed by atoms with E-state index in [2.05, 4.69) is 92.1 Å². The molecule has 0 unspecified atom stereocenters. The van der Waals surface area contributed by atoms with Gasteiger partial charge in [0.1, 0.15) is 23.5 Å². The van der Waals surface area contributed by atoms with E-state index < -0.39 is 0 Å². The quantitative estimate of drug-likeness (QED) is 0.123. The van der Waals surface area contributed by atoms with Gasteiger partial charge in [-0.2, -0.15) is 4.98 Å². The van der Waals surface area contributed by atoms with Crippen LogP contribution in [0.5, 0.6) is 0 Å². The second kappa shape index (κ2) is 15.8. The number of aromatic amines is 4. The van der Waals surface area contributed by atoms with Gasteiger partial charge in [0.15, 0.2) is 11.5 Å². The molecule has 0 amide bonds. The van der Waals surface area contributed by atoms with Gasteiger partial charge in [0.25, 0.3) is 5.56 Å². The monoisotopic (exact) mass is 697 g/mol. The van der Waals surface area contributed by atoms with E-state index in [0.29, 0.717) is 11.5 Å². The number of nitrogens with one attached hydrogen (secondary N) is 4. The summed E-state index contributed by atoms with van der Waals surface area (Å²) in [7, 11) is 0. The predicted molar refractivity (Wildman–Crippen MR) is 202 cm³/mol. The van der Waals surface area contributed by atoms with Gasteiger partial charge in [-0.25, -0.2) is 29.9 Å². The van der Waals surface area contributed by atoms with E-state index in [4.69, 9.17) is 4.42 Å². The summed E-state index contributed by atoms with van der Waals surface area (Å²) in [5, 5.41) is 2.43. The van der Waals surface area contributed by atoms with Gasteiger partial charge in [-0.15, -0.1) is 11.3 Å². The molecule has 10 rings (SSSR count). The van der Waals surface area contributed by atoms with Gasteiger partial charge in [-0.3, -0.25) is 4.79 Å². The lowest BCUT2D eigenvalue weighted by Crippen LogP contribution is -2.04. The number of H-pyrrole nitrogens is 4. The molecule has 0 atom stereocenters. The van der Waals surface area contributed by atoms with Crippen molar-refractivity contribution in [1.82, 2.24) is 54.8 Å². The van der Waals surface area contributed by atoms with Crippen LogP contribution in [0.3, 0.4) is 0 Å². The molecule has 0 fully saturated rings. The van der Waals surface area contributed by atoms with E-state index in [9.17, 15) is 4.79 Å². The minimum absolute atomic E-state index is 0.185. The van der Waals surface area contributed by atoms with Crippen molar-refractivity contribution in [3.05, 3.63) is 136 Å². The van der Waals surface area contributed by atoms with Gasteiger partial charge < -0.3 is 24.4 Å². The van der Waals surface area contributed by atoms with Gasteiger partial charge in [0.2, 0.25) is 11.2 Å². The zero-order valence-electron chi connectivity index (χ0n) is 28.6. The summed E-state index contributed by atoms with van der Waals surface area (Å²) >= 11 is 1.74. The first-order valence-electron chi connectivity index (χ1n) is 15.9. The summed E-state index contributed by atoms with van der Waals surface area (Å²) in [6.07, 6.45) is 4.50. The lowest BCUT2D eigenvalue weighted by Gasteiger charge is -1.83. The molecule has 0 aliphatic carbocycles. The van der Waals surface area contributed by atoms with Gasteiger partial charge in [0.05, 0.1) is 38.8 Å². The molecule has 0 radical (unpaired) electrons. The molecule has 51 heavy (non-hydrogen) atoms. The van der Waals surface area contributed by atoms with Gasteiger partial charge in [0, 0.05) is 18.1 Å². The number of hydrogen-bond acceptors (Lipinski definition) is 10. The average Bonchev–Trinajstić information content (AvgIpc) is 3.94. The number of hydrogen-bond donors (Lipinski definition) is 4. The van der Waals surface area contributed by atoms with E-state index in [1.165, 1.54) is 34.0 Å². The van der Waals surface area contributed by atoms with E-state index >= 15 is 0 Å². The Morgan fingerprint density at radius 1 is 0.667 bits per heavy atom. The van der Waals surface area contributed by atoms with E-state index in [0.717, 1.165) is 44.4 Å². The van der Waals surface area contributed by atoms with Crippen molar-refractivity contribution in [3.8, 4) is 0 Å². The Balaban J connectivity index is 0.000000110. The van der Waals surface area contributed by atoms with E-state index in [-0.39, 0.29) is 11.1 Å². The summed E-state index contributed by atoms with van der Waals surface area (Å²) in [5.74, 6) is 2.29. The number of para-hydroxylation sites is 4. The molecule has 7 aromatic heterocycles. The zero-order chi connectivity index (χ0) is 35.7. The van der Waals surface area contributed by atoms with Crippen molar-refractivity contribution >= 4 is 65.9 Å². The Morgan fingerprint density at radius 3 is 2.12 bits per heavy atom. The Bertz CT molecular complexity index is 2300. The minimum Gasteiger partial charge on any atom is -0.433 e. The summed E-state index contributed by atoms with van der Waals surface area (Å²) in [4.78, 5) is 50.9. The first kappa shape index (κ1) is 34.3. The van der Waals surface area contributed by atoms with Crippen LogP contribution in [0.15, 0.2) is 107 Å². The molecule has 7 heterocycles. The number of nitrogens with zero attached hydrogens (tertiary/aromatic N) is 7. The Hall–Kier alpha value is -6.54. The van der Waals surface area contributed by atoms with Crippen LogP contribution in [0.2, 0.25) is 0 Å². The van der Waals surface area contributed by atoms with Crippen LogP contribution < -0.4 is 5.56 Å². The molecule has 0 saturated carbocycles. The topological polar surface area (TPSA) is 184 Å². The van der Waals surface area contributed by atoms with Crippen molar-refractivity contribution in [3.63, 3.8) is 0 Å². The molecular formula is C37H35N11O2S. The molecule has 14 heteroatoms. The van der Waals surface area contributed by atoms with Gasteiger partial charge in [-0.05, 0) is 69.5 Å². The van der Waals surface area contributed by atoms with Crippen molar-refractivity contribution in [2.45, 2.75) is 34.6 Å². The smallest absolute Gasteiger partial charge is 0.296 e. The fraction of sp³-hybridized carbons (Fsp3) is 0.135. The highest BCUT2D eigenvalue weighted by atomic mass is 32.1. The van der Waals surface area contributed by atoms with Crippen LogP contribution in [-0.2, 0) is 0 Å². The first-order chi connectivity index (χ1) is 24.7. The van der Waals surface area contributed by atoms with Crippen LogP contribution in [0, 0.1) is 34.6 Å². The largest absolute Gasteiger partial charge is 0.433 e. The minimum atomic E-state index is -0.296. The number of oxazole rings is 1. The Labute approximate surface area is 295 Å². The molecule has 0 saturated heterocycles. The second-order valence-electron chi connectivity index (χ2n) is 11.3. The summed E-state index contributed by atoms with van der Waals surface area (Å²) < 4.78 is 6.26. The fourth-order valence-corrected chi connectivity index (χ4v) is 5.86. The number of aryl methyl sites for hydroxylation is 5. The van der Waals surface area contributed by atoms with Crippen LogP contribution in [-0.4, -0.2) is 54.8 Å². The molecule has 0 aliphatic heterocycles. The predicted octanol–water partition coefficient (Wildman–Crippen LogP) is 7.83. The molecule has 256 valence electrons. The third-order valence-electron chi connectivity index (χ3n) is 7.16. The van der Waals surface area contributed by atoms with Crippen LogP contribution in [0.25, 0.3) is 54.5 Å². The fourth-order valence-electron chi connectivity index (χ4n) is 5.04. The summed E-state index contributed by atoms with van der Waals surface area (Å²) in [6.45, 7) is 9.62. The highest BCUT2D eigenvalue weighted by Gasteiger charge is 2.05. The van der Waals surface area contributed by atoms with Crippen molar-refractivity contribution in [1.29, 1.82) is 0 Å². The molecule has 0 bridgehead atoms. The highest BCUT2D eigenvalue weighted by molar-refractivity contribution is 7.18. The number of aromatic nitrogens is 11. The molecular weight excluding hydrogens is 663 g/mol. The molecule has 0 spiro atoms. The zero-order valence-corrected chi connectivity index (χ0v) is 29.4. The lowest BCUT2D eigenvalue weighted by molar-refractivity contribution is 0.557. The number of fused-ring (bicyclic) bond motifs is 5. The molecule has 13 nitrogen and oxygen atoms in total. The normalized spacial score (nSPS) is 10.5. The maximum Gasteiger partial charge on any atom is 0.296 e. The van der Waals surface area contributed by atoms with Crippen LogP contribution in [0.4, 0.5) is 0 Å². The standard InChI is InChI=1S/C9H9N.C8H8N2.C8H7NS.C6H6N4.C6H5N3O2/c1-7-6-8-4-2-3-5-9(8)10-7;2*1-6-9-7-4-2-3-5-8(7)10-6;1-4-9-5-2-7-3-8-6(5)10-4;1-3-9-5-4(11-3)6(10)8-2-7-5/h2-6,10H,1H3;2-5H,1H3,(H,9,10);2-5H,1H3;2-3H,1H3,(H,7,8,9,10);2H,1H3,(H,7,8,10). The molecule has 4 N–H and O–H groups in total. The third kappa shape index (κ3) is 8.93. The van der Waals surface area contributed by atoms with Crippen LogP contribution in [0.1, 0.15) is 28.2 Å². The number of rotatable bonds is 0. The lowest BCUT2D eigenvalue weighted by atomic mass is 10.2. The number of thiazole rings is 1. The maximum absolute atomic E-state index is 11.0. The first-order valence-corrected chi connectivity index (χ1v) is 16.7.